The number of nitrogens with zero attached hydrogens (tertiary/aromatic N) is 2. The summed E-state index contributed by atoms with van der Waals surface area (Å²) in [6.07, 6.45) is 4.60. The molecule has 1 aromatic heterocycles. The lowest BCUT2D eigenvalue weighted by molar-refractivity contribution is 0.767. The predicted molar refractivity (Wildman–Crippen MR) is 237 cm³/mol. The lowest BCUT2D eigenvalue weighted by Gasteiger charge is -2.35. The first kappa shape index (κ1) is 31.9. The van der Waals surface area contributed by atoms with E-state index in [0.29, 0.717) is 5.82 Å². The average Bonchev–Trinajstić information content (AvgIpc) is 3.48. The first-order chi connectivity index (χ1) is 28.3. The van der Waals surface area contributed by atoms with Crippen LogP contribution in [-0.2, 0) is 5.41 Å². The van der Waals surface area contributed by atoms with E-state index in [9.17, 15) is 0 Å². The predicted octanol–water partition coefficient (Wildman–Crippen LogP) is 13.8. The maximum atomic E-state index is 5.29. The molecule has 264 valence electrons. The highest BCUT2D eigenvalue weighted by Gasteiger charge is 2.49. The first-order valence-electron chi connectivity index (χ1n) is 19.7. The molecule has 0 saturated carbocycles. The first-order valence-corrected chi connectivity index (χ1v) is 19.7. The lowest BCUT2D eigenvalue weighted by Crippen LogP contribution is -2.30. The molecular weight excluding hydrogens is 689 g/mol. The molecule has 57 heavy (non-hydrogen) atoms. The monoisotopic (exact) mass is 722 g/mol. The Labute approximate surface area is 331 Å². The Morgan fingerprint density at radius 3 is 1.46 bits per heavy atom. The van der Waals surface area contributed by atoms with Crippen molar-refractivity contribution in [3.8, 4) is 45.0 Å². The van der Waals surface area contributed by atoms with E-state index in [1.807, 2.05) is 12.1 Å². The van der Waals surface area contributed by atoms with Gasteiger partial charge in [-0.15, -0.1) is 0 Å². The van der Waals surface area contributed by atoms with E-state index < -0.39 is 5.41 Å². The Hall–Kier alpha value is -7.42. The Morgan fingerprint density at radius 2 is 0.807 bits per heavy atom. The van der Waals surface area contributed by atoms with Crippen molar-refractivity contribution in [2.24, 2.45) is 0 Å². The number of aromatic nitrogens is 2. The lowest BCUT2D eigenvalue weighted by atomic mass is 9.65. The Morgan fingerprint density at radius 1 is 0.298 bits per heavy atom. The van der Waals surface area contributed by atoms with Crippen LogP contribution in [0.5, 0.6) is 0 Å². The van der Waals surface area contributed by atoms with Crippen LogP contribution in [0.15, 0.2) is 194 Å². The van der Waals surface area contributed by atoms with Crippen LogP contribution in [-0.4, -0.2) is 9.97 Å². The molecule has 2 nitrogen and oxygen atoms in total. The Balaban J connectivity index is 1.19. The van der Waals surface area contributed by atoms with Gasteiger partial charge >= 0.3 is 0 Å². The van der Waals surface area contributed by atoms with Crippen LogP contribution in [0.25, 0.3) is 89.5 Å². The van der Waals surface area contributed by atoms with Crippen molar-refractivity contribution in [3.63, 3.8) is 0 Å². The van der Waals surface area contributed by atoms with Gasteiger partial charge in [0, 0.05) is 16.7 Å². The van der Waals surface area contributed by atoms with Crippen LogP contribution >= 0.6 is 0 Å². The molecule has 10 aromatic rings. The van der Waals surface area contributed by atoms with Gasteiger partial charge in [0.2, 0.25) is 0 Å². The van der Waals surface area contributed by atoms with E-state index in [1.165, 1.54) is 76.8 Å². The van der Waals surface area contributed by atoms with Crippen LogP contribution in [0.4, 0.5) is 0 Å². The fourth-order valence-electron chi connectivity index (χ4n) is 9.82. The average molecular weight is 723 g/mol. The van der Waals surface area contributed by atoms with Crippen LogP contribution < -0.4 is 0 Å². The largest absolute Gasteiger partial charge is 0.228 e. The van der Waals surface area contributed by atoms with Crippen molar-refractivity contribution in [1.29, 1.82) is 0 Å². The van der Waals surface area contributed by atoms with Crippen LogP contribution in [0.3, 0.4) is 0 Å². The van der Waals surface area contributed by atoms with Crippen molar-refractivity contribution in [2.75, 3.05) is 0 Å². The minimum Gasteiger partial charge on any atom is -0.228 e. The van der Waals surface area contributed by atoms with Crippen molar-refractivity contribution in [3.05, 3.63) is 228 Å². The van der Waals surface area contributed by atoms with E-state index in [0.717, 1.165) is 28.1 Å². The van der Waals surface area contributed by atoms with Gasteiger partial charge in [0.1, 0.15) is 0 Å². The quantitative estimate of drug-likeness (QED) is 0.170. The van der Waals surface area contributed by atoms with Gasteiger partial charge in [-0.3, -0.25) is 0 Å². The fraction of sp³-hybridized carbons (Fsp3) is 0.0182. The van der Waals surface area contributed by atoms with Crippen molar-refractivity contribution >= 4 is 44.5 Å². The molecule has 1 atom stereocenters. The molecule has 12 rings (SSSR count). The molecule has 0 fully saturated rings. The normalized spacial score (nSPS) is 15.0. The highest BCUT2D eigenvalue weighted by molar-refractivity contribution is 6.26. The maximum absolute atomic E-state index is 5.29. The molecule has 2 aliphatic carbocycles. The fourth-order valence-corrected chi connectivity index (χ4v) is 9.82. The second kappa shape index (κ2) is 12.3. The highest BCUT2D eigenvalue weighted by Crippen LogP contribution is 2.60. The van der Waals surface area contributed by atoms with Gasteiger partial charge in [-0.2, -0.15) is 0 Å². The number of hydrogen-bond acceptors (Lipinski definition) is 2. The minimum absolute atomic E-state index is 0.613. The molecule has 1 heterocycles. The van der Waals surface area contributed by atoms with Crippen molar-refractivity contribution in [2.45, 2.75) is 5.41 Å². The molecule has 0 radical (unpaired) electrons. The smallest absolute Gasteiger partial charge is 0.160 e. The summed E-state index contributed by atoms with van der Waals surface area (Å²) in [6, 6.07) is 70.7. The minimum atomic E-state index is -0.613. The molecule has 1 unspecified atom stereocenters. The number of rotatable bonds is 3. The van der Waals surface area contributed by atoms with E-state index in [-0.39, 0.29) is 0 Å². The van der Waals surface area contributed by atoms with E-state index in [2.05, 4.69) is 194 Å². The summed E-state index contributed by atoms with van der Waals surface area (Å²) < 4.78 is 0. The Bertz CT molecular complexity index is 3230. The van der Waals surface area contributed by atoms with Crippen LogP contribution in [0.2, 0.25) is 0 Å². The molecule has 0 aliphatic heterocycles. The third-order valence-electron chi connectivity index (χ3n) is 12.3. The summed E-state index contributed by atoms with van der Waals surface area (Å²) in [4.78, 5) is 10.6. The molecule has 9 aromatic carbocycles. The molecule has 2 heteroatoms. The van der Waals surface area contributed by atoms with Crippen molar-refractivity contribution in [1.82, 2.24) is 9.97 Å². The zero-order valence-corrected chi connectivity index (χ0v) is 31.0. The third-order valence-corrected chi connectivity index (χ3v) is 12.3. The van der Waals surface area contributed by atoms with Crippen molar-refractivity contribution < 1.29 is 0 Å². The molecule has 2 aliphatic rings. The zero-order chi connectivity index (χ0) is 37.5. The van der Waals surface area contributed by atoms with Gasteiger partial charge in [0.05, 0.1) is 16.8 Å². The number of benzene rings is 9. The molecular formula is C55H34N2. The number of hydrogen-bond donors (Lipinski definition) is 0. The van der Waals surface area contributed by atoms with Crippen LogP contribution in [0.1, 0.15) is 33.4 Å². The summed E-state index contributed by atoms with van der Waals surface area (Å²) >= 11 is 0. The van der Waals surface area contributed by atoms with E-state index in [4.69, 9.17) is 9.97 Å². The van der Waals surface area contributed by atoms with E-state index in [1.54, 1.807) is 0 Å². The SMILES string of the molecule is C1=Cc2ccc(-c3nc(-c4ccccc4)cc(-c4ccccc4)n3)cc2C2(c3ccccc31)c1ccccc1-c1cc3c4ccccc4c4ccccc4c3cc12. The maximum Gasteiger partial charge on any atom is 0.160 e. The molecule has 0 saturated heterocycles. The van der Waals surface area contributed by atoms with Gasteiger partial charge in [0.15, 0.2) is 5.82 Å². The topological polar surface area (TPSA) is 25.8 Å². The van der Waals surface area contributed by atoms with Gasteiger partial charge in [-0.05, 0) is 101 Å². The van der Waals surface area contributed by atoms with E-state index >= 15 is 0 Å². The van der Waals surface area contributed by atoms with Gasteiger partial charge in [0.25, 0.3) is 0 Å². The second-order valence-corrected chi connectivity index (χ2v) is 15.2. The summed E-state index contributed by atoms with van der Waals surface area (Å²) in [5.74, 6) is 0.706. The van der Waals surface area contributed by atoms with Crippen LogP contribution in [0, 0.1) is 0 Å². The highest BCUT2D eigenvalue weighted by atomic mass is 14.9. The summed E-state index contributed by atoms with van der Waals surface area (Å²) in [6.45, 7) is 0. The summed E-state index contributed by atoms with van der Waals surface area (Å²) in [5.41, 5.74) is 14.3. The third kappa shape index (κ3) is 4.65. The molecule has 0 amide bonds. The van der Waals surface area contributed by atoms with Gasteiger partial charge in [-0.1, -0.05) is 182 Å². The summed E-state index contributed by atoms with van der Waals surface area (Å²) in [7, 11) is 0. The molecule has 1 spiro atoms. The zero-order valence-electron chi connectivity index (χ0n) is 31.0. The second-order valence-electron chi connectivity index (χ2n) is 15.2. The number of fused-ring (bicyclic) bond motifs is 15. The summed E-state index contributed by atoms with van der Waals surface area (Å²) in [5, 5.41) is 7.67. The standard InChI is InChI=1S/C55H34N2/c1-3-16-37(17-4-1)52-34-53(38-18-5-2-6-19-38)57-54(56-52)39-30-29-36-28-27-35-15-7-13-25-48(35)55(50(36)31-39)49-26-14-12-24-44(49)47-32-45-42-22-10-8-20-40(42)41-21-9-11-23-43(41)46(45)33-51(47)55/h1-34H. The molecule has 0 N–H and O–H groups in total. The van der Waals surface area contributed by atoms with Gasteiger partial charge in [-0.25, -0.2) is 9.97 Å². The molecule has 0 bridgehead atoms. The van der Waals surface area contributed by atoms with Gasteiger partial charge < -0.3 is 0 Å². The Kier molecular flexibility index (Phi) is 6.88.